The van der Waals surface area contributed by atoms with Crippen LogP contribution in [0.15, 0.2) is 24.3 Å². The standard InChI is InChI=1S/C16H22N2O5/c1-10(19)16(17,9-13(20)21)11-5-7-12(8-6-11)18-14(22)23-15(2,3)4/h5-8H,9,17H2,1-4H3,(H,18,22)(H,20,21). The molecular formula is C16H22N2O5. The highest BCUT2D eigenvalue weighted by atomic mass is 16.6. The second kappa shape index (κ2) is 6.78. The highest BCUT2D eigenvalue weighted by Crippen LogP contribution is 2.25. The molecular weight excluding hydrogens is 300 g/mol. The Labute approximate surface area is 134 Å². The number of benzene rings is 1. The van der Waals surface area contributed by atoms with Gasteiger partial charge in [-0.2, -0.15) is 0 Å². The molecule has 0 spiro atoms. The molecule has 23 heavy (non-hydrogen) atoms. The Bertz CT molecular complexity index is 604. The summed E-state index contributed by atoms with van der Waals surface area (Å²) in [5.74, 6) is -1.62. The summed E-state index contributed by atoms with van der Waals surface area (Å²) in [7, 11) is 0. The molecule has 0 fully saturated rings. The van der Waals surface area contributed by atoms with Crippen molar-refractivity contribution >= 4 is 23.5 Å². The SMILES string of the molecule is CC(=O)C(N)(CC(=O)O)c1ccc(NC(=O)OC(C)(C)C)cc1. The van der Waals surface area contributed by atoms with Gasteiger partial charge in [0.1, 0.15) is 11.1 Å². The van der Waals surface area contributed by atoms with Crippen LogP contribution in [0.3, 0.4) is 0 Å². The molecule has 1 atom stereocenters. The Balaban J connectivity index is 2.92. The van der Waals surface area contributed by atoms with Crippen LogP contribution in [0.25, 0.3) is 0 Å². The van der Waals surface area contributed by atoms with Crippen molar-refractivity contribution in [2.75, 3.05) is 5.32 Å². The Morgan fingerprint density at radius 2 is 1.70 bits per heavy atom. The molecule has 0 aliphatic heterocycles. The molecule has 7 nitrogen and oxygen atoms in total. The van der Waals surface area contributed by atoms with E-state index in [0.717, 1.165) is 0 Å². The molecule has 1 aromatic carbocycles. The maximum absolute atomic E-state index is 11.7. The van der Waals surface area contributed by atoms with Crippen molar-refractivity contribution in [3.8, 4) is 0 Å². The van der Waals surface area contributed by atoms with Crippen molar-refractivity contribution < 1.29 is 24.2 Å². The fourth-order valence-electron chi connectivity index (χ4n) is 1.94. The van der Waals surface area contributed by atoms with Crippen LogP contribution in [0.5, 0.6) is 0 Å². The summed E-state index contributed by atoms with van der Waals surface area (Å²) in [6.07, 6.45) is -1.12. The lowest BCUT2D eigenvalue weighted by molar-refractivity contribution is -0.141. The summed E-state index contributed by atoms with van der Waals surface area (Å²) in [6, 6.07) is 6.09. The van der Waals surface area contributed by atoms with E-state index in [1.54, 1.807) is 20.8 Å². The third-order valence-corrected chi connectivity index (χ3v) is 3.10. The van der Waals surface area contributed by atoms with Gasteiger partial charge < -0.3 is 15.6 Å². The van der Waals surface area contributed by atoms with Gasteiger partial charge in [-0.3, -0.25) is 14.9 Å². The number of carbonyl (C=O) groups excluding carboxylic acids is 2. The van der Waals surface area contributed by atoms with Gasteiger partial charge in [0, 0.05) is 5.69 Å². The van der Waals surface area contributed by atoms with Crippen LogP contribution >= 0.6 is 0 Å². The highest BCUT2D eigenvalue weighted by Gasteiger charge is 2.35. The molecule has 7 heteroatoms. The number of ketones is 1. The zero-order valence-electron chi connectivity index (χ0n) is 13.7. The molecule has 1 aromatic rings. The molecule has 0 aliphatic carbocycles. The lowest BCUT2D eigenvalue weighted by atomic mass is 9.84. The number of carbonyl (C=O) groups is 3. The molecule has 1 unspecified atom stereocenters. The van der Waals surface area contributed by atoms with Gasteiger partial charge in [-0.15, -0.1) is 0 Å². The van der Waals surface area contributed by atoms with Gasteiger partial charge in [0.15, 0.2) is 5.78 Å². The molecule has 0 bridgehead atoms. The van der Waals surface area contributed by atoms with Crippen LogP contribution < -0.4 is 11.1 Å². The zero-order valence-corrected chi connectivity index (χ0v) is 13.7. The first-order valence-corrected chi connectivity index (χ1v) is 7.06. The minimum atomic E-state index is -1.60. The largest absolute Gasteiger partial charge is 0.481 e. The first-order valence-electron chi connectivity index (χ1n) is 7.06. The molecule has 0 aliphatic rings. The number of nitrogens with two attached hydrogens (primary N) is 1. The monoisotopic (exact) mass is 322 g/mol. The van der Waals surface area contributed by atoms with Gasteiger partial charge in [-0.05, 0) is 45.4 Å². The van der Waals surface area contributed by atoms with E-state index in [0.29, 0.717) is 11.3 Å². The van der Waals surface area contributed by atoms with Crippen molar-refractivity contribution in [3.05, 3.63) is 29.8 Å². The molecule has 0 heterocycles. The van der Waals surface area contributed by atoms with E-state index in [-0.39, 0.29) is 0 Å². The number of anilines is 1. The maximum Gasteiger partial charge on any atom is 0.412 e. The molecule has 1 rings (SSSR count). The Hall–Kier alpha value is -2.41. The van der Waals surface area contributed by atoms with Crippen LogP contribution in [0, 0.1) is 0 Å². The number of Topliss-reactive ketones (excluding diaryl/α,β-unsaturated/α-hetero) is 1. The number of amides is 1. The van der Waals surface area contributed by atoms with Crippen LogP contribution in [0.1, 0.15) is 39.7 Å². The van der Waals surface area contributed by atoms with Gasteiger partial charge in [-0.25, -0.2) is 4.79 Å². The Morgan fingerprint density at radius 3 is 2.09 bits per heavy atom. The van der Waals surface area contributed by atoms with Crippen molar-refractivity contribution in [3.63, 3.8) is 0 Å². The maximum atomic E-state index is 11.7. The molecule has 4 N–H and O–H groups in total. The average molecular weight is 322 g/mol. The number of nitrogens with one attached hydrogen (secondary N) is 1. The second-order valence-electron chi connectivity index (χ2n) is 6.30. The van der Waals surface area contributed by atoms with E-state index < -0.39 is 35.4 Å². The summed E-state index contributed by atoms with van der Waals surface area (Å²) in [6.45, 7) is 6.49. The summed E-state index contributed by atoms with van der Waals surface area (Å²) >= 11 is 0. The van der Waals surface area contributed by atoms with Crippen molar-refractivity contribution in [2.45, 2.75) is 45.3 Å². The first-order chi connectivity index (χ1) is 10.4. The third-order valence-electron chi connectivity index (χ3n) is 3.10. The number of hydrogen-bond donors (Lipinski definition) is 3. The van der Waals surface area contributed by atoms with E-state index in [4.69, 9.17) is 15.6 Å². The summed E-state index contributed by atoms with van der Waals surface area (Å²) < 4.78 is 5.12. The topological polar surface area (TPSA) is 119 Å². The molecule has 0 saturated heterocycles. The highest BCUT2D eigenvalue weighted by molar-refractivity contribution is 5.91. The fraction of sp³-hybridized carbons (Fsp3) is 0.438. The molecule has 1 amide bonds. The van der Waals surface area contributed by atoms with Crippen molar-refractivity contribution in [1.82, 2.24) is 0 Å². The van der Waals surface area contributed by atoms with Gasteiger partial charge in [0.25, 0.3) is 0 Å². The van der Waals surface area contributed by atoms with Gasteiger partial charge >= 0.3 is 12.1 Å². The van der Waals surface area contributed by atoms with Crippen molar-refractivity contribution in [2.24, 2.45) is 5.73 Å². The third kappa shape index (κ3) is 5.37. The van der Waals surface area contributed by atoms with E-state index in [1.165, 1.54) is 31.2 Å². The van der Waals surface area contributed by atoms with Gasteiger partial charge in [-0.1, -0.05) is 12.1 Å². The molecule has 0 saturated carbocycles. The summed E-state index contributed by atoms with van der Waals surface area (Å²) in [5, 5.41) is 11.5. The Morgan fingerprint density at radius 1 is 1.17 bits per heavy atom. The van der Waals surface area contributed by atoms with Crippen molar-refractivity contribution in [1.29, 1.82) is 0 Å². The lowest BCUT2D eigenvalue weighted by Gasteiger charge is -2.25. The minimum Gasteiger partial charge on any atom is -0.481 e. The lowest BCUT2D eigenvalue weighted by Crippen LogP contribution is -2.45. The smallest absolute Gasteiger partial charge is 0.412 e. The normalized spacial score (nSPS) is 13.8. The van der Waals surface area contributed by atoms with Gasteiger partial charge in [0.05, 0.1) is 6.42 Å². The predicted octanol–water partition coefficient (Wildman–Crippen LogP) is 2.25. The molecule has 126 valence electrons. The summed E-state index contributed by atoms with van der Waals surface area (Å²) in [4.78, 5) is 34.3. The molecule has 0 radical (unpaired) electrons. The second-order valence-corrected chi connectivity index (χ2v) is 6.30. The number of carboxylic acid groups (broad SMARTS) is 1. The zero-order chi connectivity index (χ0) is 17.8. The van der Waals surface area contributed by atoms with Gasteiger partial charge in [0.2, 0.25) is 0 Å². The number of aliphatic carboxylic acids is 1. The first kappa shape index (κ1) is 18.6. The summed E-state index contributed by atoms with van der Waals surface area (Å²) in [5.41, 5.74) is 4.55. The van der Waals surface area contributed by atoms with E-state index >= 15 is 0 Å². The number of ether oxygens (including phenoxy) is 1. The fourth-order valence-corrected chi connectivity index (χ4v) is 1.94. The number of rotatable bonds is 5. The van der Waals surface area contributed by atoms with Crippen LogP contribution in [0.2, 0.25) is 0 Å². The molecule has 0 aromatic heterocycles. The van der Waals surface area contributed by atoms with Crippen LogP contribution in [-0.4, -0.2) is 28.6 Å². The number of hydrogen-bond acceptors (Lipinski definition) is 5. The minimum absolute atomic E-state index is 0.363. The predicted molar refractivity (Wildman–Crippen MR) is 85.1 cm³/mol. The number of carboxylic acids is 1. The van der Waals surface area contributed by atoms with Crippen LogP contribution in [0.4, 0.5) is 10.5 Å². The van der Waals surface area contributed by atoms with Crippen LogP contribution in [-0.2, 0) is 19.9 Å². The Kier molecular flexibility index (Phi) is 5.50. The van der Waals surface area contributed by atoms with E-state index in [2.05, 4.69) is 5.32 Å². The van der Waals surface area contributed by atoms with E-state index in [1.807, 2.05) is 0 Å². The van der Waals surface area contributed by atoms with E-state index in [9.17, 15) is 14.4 Å². The quantitative estimate of drug-likeness (QED) is 0.765. The average Bonchev–Trinajstić information content (AvgIpc) is 2.35.